The van der Waals surface area contributed by atoms with Crippen molar-refractivity contribution in [3.63, 3.8) is 0 Å². The Hall–Kier alpha value is -2.96. The lowest BCUT2D eigenvalue weighted by atomic mass is 10.1. The highest BCUT2D eigenvalue weighted by molar-refractivity contribution is 6.06. The molecule has 4 heterocycles. The lowest BCUT2D eigenvalue weighted by Gasteiger charge is -2.27. The largest absolute Gasteiger partial charge is 0.341 e. The third-order valence-corrected chi connectivity index (χ3v) is 5.15. The van der Waals surface area contributed by atoms with Crippen LogP contribution in [0.5, 0.6) is 0 Å². The predicted octanol–water partition coefficient (Wildman–Crippen LogP) is 3.73. The molecule has 132 valence electrons. The summed E-state index contributed by atoms with van der Waals surface area (Å²) < 4.78 is 15.8. The first-order valence-corrected chi connectivity index (χ1v) is 8.94. The number of nitrogens with one attached hydrogen (secondary N) is 1. The third-order valence-electron chi connectivity index (χ3n) is 5.15. The van der Waals surface area contributed by atoms with E-state index >= 15 is 0 Å². The maximum atomic E-state index is 13.7. The van der Waals surface area contributed by atoms with Gasteiger partial charge in [0.05, 0.1) is 40.3 Å². The molecule has 1 aromatic carbocycles. The molecule has 0 saturated carbocycles. The highest BCUT2D eigenvalue weighted by atomic mass is 19.1. The molecular formula is C19H19FN6. The van der Waals surface area contributed by atoms with Gasteiger partial charge in [0.1, 0.15) is 5.82 Å². The quantitative estimate of drug-likeness (QED) is 0.598. The molecule has 0 bridgehead atoms. The number of rotatable bonds is 2. The number of aryl methyl sites for hydroxylation is 1. The van der Waals surface area contributed by atoms with E-state index in [1.807, 2.05) is 17.7 Å². The Morgan fingerprint density at radius 1 is 1.08 bits per heavy atom. The van der Waals surface area contributed by atoms with E-state index in [0.717, 1.165) is 52.4 Å². The van der Waals surface area contributed by atoms with Gasteiger partial charge in [-0.05, 0) is 44.4 Å². The van der Waals surface area contributed by atoms with Crippen LogP contribution in [0, 0.1) is 12.7 Å². The zero-order chi connectivity index (χ0) is 17.7. The summed E-state index contributed by atoms with van der Waals surface area (Å²) in [5.74, 6) is 0.525. The highest BCUT2D eigenvalue weighted by Crippen LogP contribution is 2.32. The Kier molecular flexibility index (Phi) is 3.41. The molecule has 1 fully saturated rings. The number of hydrogen-bond acceptors (Lipinski definition) is 4. The second-order valence-corrected chi connectivity index (χ2v) is 6.82. The van der Waals surface area contributed by atoms with Crippen LogP contribution in [0.1, 0.15) is 25.0 Å². The molecular weight excluding hydrogens is 331 g/mol. The average Bonchev–Trinajstić information content (AvgIpc) is 3.24. The van der Waals surface area contributed by atoms with Crippen LogP contribution in [0.25, 0.3) is 27.6 Å². The van der Waals surface area contributed by atoms with Crippen LogP contribution in [-0.2, 0) is 0 Å². The van der Waals surface area contributed by atoms with E-state index in [-0.39, 0.29) is 5.82 Å². The predicted molar refractivity (Wildman–Crippen MR) is 99.3 cm³/mol. The van der Waals surface area contributed by atoms with E-state index in [1.54, 1.807) is 12.3 Å². The molecule has 26 heavy (non-hydrogen) atoms. The Balaban J connectivity index is 1.68. The van der Waals surface area contributed by atoms with Crippen LogP contribution in [-0.4, -0.2) is 37.8 Å². The summed E-state index contributed by atoms with van der Waals surface area (Å²) in [6.07, 6.45) is 7.27. The lowest BCUT2D eigenvalue weighted by Crippen LogP contribution is -2.31. The van der Waals surface area contributed by atoms with E-state index in [1.165, 1.54) is 31.4 Å². The fourth-order valence-corrected chi connectivity index (χ4v) is 3.85. The van der Waals surface area contributed by atoms with E-state index in [4.69, 9.17) is 4.98 Å². The van der Waals surface area contributed by atoms with Crippen molar-refractivity contribution in [2.24, 2.45) is 0 Å². The molecule has 0 atom stereocenters. The van der Waals surface area contributed by atoms with E-state index < -0.39 is 0 Å². The maximum Gasteiger partial charge on any atom is 0.225 e. The lowest BCUT2D eigenvalue weighted by molar-refractivity contribution is 0.567. The van der Waals surface area contributed by atoms with Gasteiger partial charge in [-0.3, -0.25) is 5.10 Å². The number of anilines is 1. The van der Waals surface area contributed by atoms with Crippen molar-refractivity contribution in [2.75, 3.05) is 18.0 Å². The summed E-state index contributed by atoms with van der Waals surface area (Å²) in [5.41, 5.74) is 4.40. The molecule has 0 aliphatic carbocycles. The molecule has 0 radical (unpaired) electrons. The van der Waals surface area contributed by atoms with Crippen molar-refractivity contribution in [3.05, 3.63) is 42.1 Å². The first kappa shape index (κ1) is 15.3. The van der Waals surface area contributed by atoms with Crippen molar-refractivity contribution in [3.8, 4) is 5.69 Å². The molecule has 0 amide bonds. The summed E-state index contributed by atoms with van der Waals surface area (Å²) in [4.78, 5) is 11.6. The zero-order valence-electron chi connectivity index (χ0n) is 14.5. The SMILES string of the molecule is Cc1nc(N2CCCCC2)ncc1-n1c2ccc(F)cc2c2[nH]ncc21. The highest BCUT2D eigenvalue weighted by Gasteiger charge is 2.19. The van der Waals surface area contributed by atoms with Crippen LogP contribution < -0.4 is 4.90 Å². The molecule has 0 spiro atoms. The van der Waals surface area contributed by atoms with Gasteiger partial charge >= 0.3 is 0 Å². The monoisotopic (exact) mass is 350 g/mol. The van der Waals surface area contributed by atoms with Crippen molar-refractivity contribution < 1.29 is 4.39 Å². The van der Waals surface area contributed by atoms with Crippen LogP contribution in [0.4, 0.5) is 10.3 Å². The Labute approximate surface area is 149 Å². The van der Waals surface area contributed by atoms with Gasteiger partial charge in [-0.2, -0.15) is 5.10 Å². The number of hydrogen-bond donors (Lipinski definition) is 1. The molecule has 3 aromatic heterocycles. The fourth-order valence-electron chi connectivity index (χ4n) is 3.85. The number of halogens is 1. The first-order valence-electron chi connectivity index (χ1n) is 8.94. The molecule has 6 nitrogen and oxygen atoms in total. The molecule has 1 aliphatic heterocycles. The third kappa shape index (κ3) is 2.27. The summed E-state index contributed by atoms with van der Waals surface area (Å²) in [6.45, 7) is 4.01. The smallest absolute Gasteiger partial charge is 0.225 e. The van der Waals surface area contributed by atoms with Gasteiger partial charge in [0.2, 0.25) is 5.95 Å². The second-order valence-electron chi connectivity index (χ2n) is 6.82. The molecule has 1 aliphatic rings. The maximum absolute atomic E-state index is 13.7. The minimum absolute atomic E-state index is 0.264. The van der Waals surface area contributed by atoms with Gasteiger partial charge < -0.3 is 9.47 Å². The number of nitrogens with zero attached hydrogens (tertiary/aromatic N) is 5. The summed E-state index contributed by atoms with van der Waals surface area (Å²) >= 11 is 0. The number of aromatic nitrogens is 5. The minimum atomic E-state index is -0.264. The molecule has 0 unspecified atom stereocenters. The van der Waals surface area contributed by atoms with Gasteiger partial charge in [-0.15, -0.1) is 0 Å². The number of H-pyrrole nitrogens is 1. The van der Waals surface area contributed by atoms with Gasteiger partial charge in [0.25, 0.3) is 0 Å². The number of aromatic amines is 1. The van der Waals surface area contributed by atoms with Crippen LogP contribution in [0.3, 0.4) is 0 Å². The zero-order valence-corrected chi connectivity index (χ0v) is 14.5. The van der Waals surface area contributed by atoms with E-state index in [0.29, 0.717) is 0 Å². The number of benzene rings is 1. The van der Waals surface area contributed by atoms with E-state index in [2.05, 4.69) is 20.1 Å². The molecule has 1 saturated heterocycles. The fraction of sp³-hybridized carbons (Fsp3) is 0.316. The second kappa shape index (κ2) is 5.79. The van der Waals surface area contributed by atoms with Gasteiger partial charge in [-0.1, -0.05) is 0 Å². The van der Waals surface area contributed by atoms with Crippen LogP contribution in [0.2, 0.25) is 0 Å². The van der Waals surface area contributed by atoms with E-state index in [9.17, 15) is 4.39 Å². The van der Waals surface area contributed by atoms with Gasteiger partial charge in [-0.25, -0.2) is 14.4 Å². The summed E-state index contributed by atoms with van der Waals surface area (Å²) in [7, 11) is 0. The Morgan fingerprint density at radius 3 is 2.73 bits per heavy atom. The first-order chi connectivity index (χ1) is 12.7. The molecule has 1 N–H and O–H groups in total. The standard InChI is InChI=1S/C19H19FN6/c1-12-16(10-21-19(23-12)25-7-3-2-4-8-25)26-15-6-5-13(20)9-14(15)18-17(26)11-22-24-18/h5-6,9-11H,2-4,7-8H2,1H3,(H,22,24). The van der Waals surface area contributed by atoms with Crippen molar-refractivity contribution >= 4 is 27.9 Å². The average molecular weight is 350 g/mol. The summed E-state index contributed by atoms with van der Waals surface area (Å²) in [5, 5.41) is 7.91. The van der Waals surface area contributed by atoms with Crippen molar-refractivity contribution in [2.45, 2.75) is 26.2 Å². The van der Waals surface area contributed by atoms with Crippen molar-refractivity contribution in [1.82, 2.24) is 24.7 Å². The van der Waals surface area contributed by atoms with Crippen LogP contribution in [0.15, 0.2) is 30.6 Å². The molecule has 7 heteroatoms. The van der Waals surface area contributed by atoms with Gasteiger partial charge in [0.15, 0.2) is 0 Å². The Morgan fingerprint density at radius 2 is 1.92 bits per heavy atom. The Bertz CT molecular complexity index is 1110. The molecule has 4 aromatic rings. The topological polar surface area (TPSA) is 62.6 Å². The van der Waals surface area contributed by atoms with Crippen molar-refractivity contribution in [1.29, 1.82) is 0 Å². The normalized spacial score (nSPS) is 15.2. The minimum Gasteiger partial charge on any atom is -0.341 e. The number of fused-ring (bicyclic) bond motifs is 3. The summed E-state index contributed by atoms with van der Waals surface area (Å²) in [6, 6.07) is 4.80. The van der Waals surface area contributed by atoms with Gasteiger partial charge in [0, 0.05) is 18.5 Å². The molecule has 5 rings (SSSR count). The number of piperidine rings is 1. The van der Waals surface area contributed by atoms with Crippen LogP contribution >= 0.6 is 0 Å².